The molecule has 7 nitrogen and oxygen atoms in total. The number of aromatic nitrogens is 1. The maximum atomic E-state index is 12.5. The predicted molar refractivity (Wildman–Crippen MR) is 107 cm³/mol. The molecule has 9 heteroatoms. The van der Waals surface area contributed by atoms with Gasteiger partial charge in [-0.2, -0.15) is 0 Å². The standard InChI is InChI=1S/C18H24N4O3S2/c1-14-4-3-5-15(10-14)12-21-6-8-22(9-7-21)17(23)11-16-13-26-18(19-16)20-27(2,24)25/h3-5,10,13H,6-9,11-12H2,1-2H3,(H,19,20). The number of hydrogen-bond donors (Lipinski definition) is 1. The number of nitrogens with zero attached hydrogens (tertiary/aromatic N) is 3. The minimum absolute atomic E-state index is 0.0291. The van der Waals surface area contributed by atoms with Crippen molar-refractivity contribution in [2.75, 3.05) is 37.2 Å². The quantitative estimate of drug-likeness (QED) is 0.787. The van der Waals surface area contributed by atoms with Crippen LogP contribution in [0.1, 0.15) is 16.8 Å². The molecular weight excluding hydrogens is 384 g/mol. The molecule has 1 aromatic carbocycles. The van der Waals surface area contributed by atoms with Gasteiger partial charge in [0, 0.05) is 38.1 Å². The van der Waals surface area contributed by atoms with Crippen LogP contribution in [0, 0.1) is 6.92 Å². The summed E-state index contributed by atoms with van der Waals surface area (Å²) in [5.41, 5.74) is 3.15. The van der Waals surface area contributed by atoms with E-state index in [9.17, 15) is 13.2 Å². The smallest absolute Gasteiger partial charge is 0.231 e. The van der Waals surface area contributed by atoms with Crippen LogP contribution in [0.2, 0.25) is 0 Å². The summed E-state index contributed by atoms with van der Waals surface area (Å²) in [4.78, 5) is 20.9. The van der Waals surface area contributed by atoms with Gasteiger partial charge in [-0.15, -0.1) is 11.3 Å². The first-order valence-corrected chi connectivity index (χ1v) is 11.5. The zero-order valence-corrected chi connectivity index (χ0v) is 17.1. The number of amides is 1. The molecule has 1 aliphatic heterocycles. The molecule has 0 unspecified atom stereocenters. The lowest BCUT2D eigenvalue weighted by atomic mass is 10.1. The highest BCUT2D eigenvalue weighted by Gasteiger charge is 2.22. The first kappa shape index (κ1) is 19.8. The van der Waals surface area contributed by atoms with Crippen LogP contribution in [0.3, 0.4) is 0 Å². The monoisotopic (exact) mass is 408 g/mol. The lowest BCUT2D eigenvalue weighted by Crippen LogP contribution is -2.48. The van der Waals surface area contributed by atoms with Crippen LogP contribution in [0.5, 0.6) is 0 Å². The number of thiazole rings is 1. The summed E-state index contributed by atoms with van der Waals surface area (Å²) in [6, 6.07) is 8.50. The second-order valence-electron chi connectivity index (χ2n) is 6.84. The lowest BCUT2D eigenvalue weighted by Gasteiger charge is -2.34. The minimum atomic E-state index is -3.35. The number of aryl methyl sites for hydroxylation is 1. The maximum Gasteiger partial charge on any atom is 0.231 e. The van der Waals surface area contributed by atoms with Gasteiger partial charge in [0.05, 0.1) is 18.4 Å². The molecule has 2 heterocycles. The van der Waals surface area contributed by atoms with E-state index >= 15 is 0 Å². The van der Waals surface area contributed by atoms with Gasteiger partial charge < -0.3 is 4.90 Å². The van der Waals surface area contributed by atoms with Crippen molar-refractivity contribution in [3.8, 4) is 0 Å². The first-order chi connectivity index (χ1) is 12.8. The molecule has 2 aromatic rings. The second kappa shape index (κ2) is 8.37. The second-order valence-corrected chi connectivity index (χ2v) is 9.45. The molecule has 3 rings (SSSR count). The van der Waals surface area contributed by atoms with Crippen LogP contribution < -0.4 is 4.72 Å². The van der Waals surface area contributed by atoms with Crippen LogP contribution in [0.15, 0.2) is 29.6 Å². The Hall–Kier alpha value is -1.97. The SMILES string of the molecule is Cc1cccc(CN2CCN(C(=O)Cc3csc(NS(C)(=O)=O)n3)CC2)c1. The van der Waals surface area contributed by atoms with Crippen molar-refractivity contribution in [2.24, 2.45) is 0 Å². The number of anilines is 1. The summed E-state index contributed by atoms with van der Waals surface area (Å²) < 4.78 is 24.8. The molecule has 0 atom stereocenters. The van der Waals surface area contributed by atoms with E-state index in [4.69, 9.17) is 0 Å². The van der Waals surface area contributed by atoms with Gasteiger partial charge in [-0.3, -0.25) is 14.4 Å². The van der Waals surface area contributed by atoms with Gasteiger partial charge in [0.25, 0.3) is 0 Å². The third-order valence-electron chi connectivity index (χ3n) is 4.37. The number of carbonyl (C=O) groups is 1. The molecule has 27 heavy (non-hydrogen) atoms. The summed E-state index contributed by atoms with van der Waals surface area (Å²) in [6.07, 6.45) is 1.27. The molecule has 1 amide bonds. The summed E-state index contributed by atoms with van der Waals surface area (Å²) in [5.74, 6) is 0.0291. The molecule has 0 bridgehead atoms. The van der Waals surface area contributed by atoms with Gasteiger partial charge >= 0.3 is 0 Å². The van der Waals surface area contributed by atoms with Gasteiger partial charge in [-0.1, -0.05) is 29.8 Å². The van der Waals surface area contributed by atoms with Crippen LogP contribution in [0.4, 0.5) is 5.13 Å². The Morgan fingerprint density at radius 1 is 1.26 bits per heavy atom. The Labute approximate surface area is 164 Å². The van der Waals surface area contributed by atoms with E-state index < -0.39 is 10.0 Å². The molecule has 1 N–H and O–H groups in total. The average Bonchev–Trinajstić information content (AvgIpc) is 3.00. The van der Waals surface area contributed by atoms with E-state index in [1.54, 1.807) is 5.38 Å². The Morgan fingerprint density at radius 3 is 2.67 bits per heavy atom. The molecule has 0 saturated carbocycles. The zero-order chi connectivity index (χ0) is 19.4. The van der Waals surface area contributed by atoms with Gasteiger partial charge in [0.15, 0.2) is 5.13 Å². The van der Waals surface area contributed by atoms with Crippen molar-refractivity contribution in [2.45, 2.75) is 19.9 Å². The van der Waals surface area contributed by atoms with Crippen LogP contribution in [0.25, 0.3) is 0 Å². The molecule has 1 aromatic heterocycles. The van der Waals surface area contributed by atoms with Crippen LogP contribution >= 0.6 is 11.3 Å². The fourth-order valence-corrected chi connectivity index (χ4v) is 4.65. The molecule has 0 spiro atoms. The summed E-state index contributed by atoms with van der Waals surface area (Å²) >= 11 is 1.19. The van der Waals surface area contributed by atoms with E-state index in [-0.39, 0.29) is 12.3 Å². The highest BCUT2D eigenvalue weighted by Crippen LogP contribution is 2.18. The van der Waals surface area contributed by atoms with Gasteiger partial charge in [-0.05, 0) is 12.5 Å². The van der Waals surface area contributed by atoms with Gasteiger partial charge in [0.1, 0.15) is 0 Å². The number of piperazine rings is 1. The predicted octanol–water partition coefficient (Wildman–Crippen LogP) is 1.71. The highest BCUT2D eigenvalue weighted by atomic mass is 32.2. The number of rotatable bonds is 6. The number of nitrogens with one attached hydrogen (secondary N) is 1. The fraction of sp³-hybridized carbons (Fsp3) is 0.444. The number of carbonyl (C=O) groups excluding carboxylic acids is 1. The van der Waals surface area contributed by atoms with Crippen molar-refractivity contribution in [1.82, 2.24) is 14.8 Å². The van der Waals surface area contributed by atoms with Crippen molar-refractivity contribution in [3.63, 3.8) is 0 Å². The Morgan fingerprint density at radius 2 is 2.00 bits per heavy atom. The normalized spacial score (nSPS) is 15.7. The average molecular weight is 409 g/mol. The molecule has 146 valence electrons. The van der Waals surface area contributed by atoms with Gasteiger partial charge in [-0.25, -0.2) is 13.4 Å². The zero-order valence-electron chi connectivity index (χ0n) is 15.5. The summed E-state index contributed by atoms with van der Waals surface area (Å²) in [7, 11) is -3.35. The van der Waals surface area contributed by atoms with E-state index in [0.29, 0.717) is 23.9 Å². The first-order valence-electron chi connectivity index (χ1n) is 8.76. The third-order valence-corrected chi connectivity index (χ3v) is 5.87. The van der Waals surface area contributed by atoms with E-state index in [2.05, 4.69) is 45.8 Å². The molecule has 1 aliphatic rings. The van der Waals surface area contributed by atoms with Gasteiger partial charge in [0.2, 0.25) is 15.9 Å². The fourth-order valence-electron chi connectivity index (χ4n) is 3.08. The van der Waals surface area contributed by atoms with Crippen molar-refractivity contribution >= 4 is 32.4 Å². The molecule has 1 fully saturated rings. The summed E-state index contributed by atoms with van der Waals surface area (Å²) in [5, 5.41) is 2.02. The van der Waals surface area contributed by atoms with Crippen molar-refractivity contribution < 1.29 is 13.2 Å². The summed E-state index contributed by atoms with van der Waals surface area (Å²) in [6.45, 7) is 6.08. The Kier molecular flexibility index (Phi) is 6.13. The number of hydrogen-bond acceptors (Lipinski definition) is 6. The van der Waals surface area contributed by atoms with E-state index in [1.165, 1.54) is 22.5 Å². The highest BCUT2D eigenvalue weighted by molar-refractivity contribution is 7.92. The van der Waals surface area contributed by atoms with Crippen molar-refractivity contribution in [3.05, 3.63) is 46.5 Å². The molecular formula is C18H24N4O3S2. The Balaban J connectivity index is 1.48. The number of benzene rings is 1. The van der Waals surface area contributed by atoms with E-state index in [0.717, 1.165) is 25.9 Å². The topological polar surface area (TPSA) is 82.6 Å². The number of sulfonamides is 1. The minimum Gasteiger partial charge on any atom is -0.340 e. The largest absolute Gasteiger partial charge is 0.340 e. The third kappa shape index (κ3) is 6.02. The Bertz CT molecular complexity index is 903. The molecule has 0 radical (unpaired) electrons. The van der Waals surface area contributed by atoms with Crippen molar-refractivity contribution in [1.29, 1.82) is 0 Å². The van der Waals surface area contributed by atoms with Crippen LogP contribution in [-0.4, -0.2) is 61.5 Å². The molecule has 1 saturated heterocycles. The lowest BCUT2D eigenvalue weighted by molar-refractivity contribution is -0.132. The van der Waals surface area contributed by atoms with E-state index in [1.807, 2.05) is 4.90 Å². The maximum absolute atomic E-state index is 12.5. The van der Waals surface area contributed by atoms with Crippen LogP contribution in [-0.2, 0) is 27.8 Å². The molecule has 0 aliphatic carbocycles.